The van der Waals surface area contributed by atoms with Crippen molar-refractivity contribution >= 4 is 29.2 Å². The van der Waals surface area contributed by atoms with Gasteiger partial charge in [-0.1, -0.05) is 49.9 Å². The number of esters is 1. The summed E-state index contributed by atoms with van der Waals surface area (Å²) in [5.41, 5.74) is 6.48. The first kappa shape index (κ1) is 17.2. The summed E-state index contributed by atoms with van der Waals surface area (Å²) in [4.78, 5) is 15.6. The van der Waals surface area contributed by atoms with E-state index in [1.165, 1.54) is 0 Å². The maximum Gasteiger partial charge on any atom is 0.323 e. The molecule has 0 radical (unpaired) electrons. The standard InChI is InChI=1S/C14H20Cl2N2O2/c1-9(2)4-3-5-11(17)14(19)20-8-10-6-12(15)18-13(16)7-10/h6-7,9,11H,3-5,8,17H2,1-2H3/t11-/m0/s1. The van der Waals surface area contributed by atoms with Gasteiger partial charge in [0.25, 0.3) is 0 Å². The van der Waals surface area contributed by atoms with Gasteiger partial charge in [0.2, 0.25) is 0 Å². The zero-order valence-electron chi connectivity index (χ0n) is 11.7. The SMILES string of the molecule is CC(C)CCC[C@H](N)C(=O)OCc1cc(Cl)nc(Cl)c1. The minimum atomic E-state index is -0.582. The van der Waals surface area contributed by atoms with Crippen LogP contribution in [0.5, 0.6) is 0 Å². The molecule has 2 N–H and O–H groups in total. The van der Waals surface area contributed by atoms with Crippen molar-refractivity contribution in [2.24, 2.45) is 11.7 Å². The molecule has 0 aliphatic rings. The molecule has 0 saturated carbocycles. The van der Waals surface area contributed by atoms with E-state index in [4.69, 9.17) is 33.7 Å². The quantitative estimate of drug-likeness (QED) is 0.616. The normalized spacial score (nSPS) is 12.5. The Hall–Kier alpha value is -0.840. The third kappa shape index (κ3) is 6.55. The average Bonchev–Trinajstić information content (AvgIpc) is 2.34. The van der Waals surface area contributed by atoms with E-state index in [0.717, 1.165) is 12.8 Å². The number of nitrogens with zero attached hydrogens (tertiary/aromatic N) is 1. The molecule has 1 aromatic rings. The molecule has 0 bridgehead atoms. The van der Waals surface area contributed by atoms with Crippen molar-refractivity contribution in [1.29, 1.82) is 0 Å². The molecular formula is C14H20Cl2N2O2. The molecule has 20 heavy (non-hydrogen) atoms. The fourth-order valence-electron chi connectivity index (χ4n) is 1.72. The van der Waals surface area contributed by atoms with E-state index in [1.54, 1.807) is 12.1 Å². The van der Waals surface area contributed by atoms with Crippen LogP contribution < -0.4 is 5.73 Å². The maximum atomic E-state index is 11.7. The zero-order chi connectivity index (χ0) is 15.1. The van der Waals surface area contributed by atoms with Gasteiger partial charge in [0.1, 0.15) is 23.0 Å². The summed E-state index contributed by atoms with van der Waals surface area (Å²) < 4.78 is 5.15. The van der Waals surface area contributed by atoms with Crippen LogP contribution in [0.2, 0.25) is 10.3 Å². The molecule has 0 saturated heterocycles. The second kappa shape index (κ2) is 8.45. The van der Waals surface area contributed by atoms with E-state index in [0.29, 0.717) is 17.9 Å². The molecular weight excluding hydrogens is 299 g/mol. The van der Waals surface area contributed by atoms with Crippen molar-refractivity contribution in [1.82, 2.24) is 4.98 Å². The summed E-state index contributed by atoms with van der Waals surface area (Å²) >= 11 is 11.5. The number of halogens is 2. The van der Waals surface area contributed by atoms with Gasteiger partial charge in [0, 0.05) is 0 Å². The average molecular weight is 319 g/mol. The number of hydrogen-bond acceptors (Lipinski definition) is 4. The molecule has 4 nitrogen and oxygen atoms in total. The lowest BCUT2D eigenvalue weighted by Crippen LogP contribution is -2.32. The van der Waals surface area contributed by atoms with Crippen LogP contribution in [0, 0.1) is 5.92 Å². The van der Waals surface area contributed by atoms with E-state index in [2.05, 4.69) is 18.8 Å². The fourth-order valence-corrected chi connectivity index (χ4v) is 2.23. The zero-order valence-corrected chi connectivity index (χ0v) is 13.2. The molecule has 0 fully saturated rings. The molecule has 0 unspecified atom stereocenters. The lowest BCUT2D eigenvalue weighted by molar-refractivity contribution is -0.146. The fraction of sp³-hybridized carbons (Fsp3) is 0.571. The van der Waals surface area contributed by atoms with E-state index in [1.807, 2.05) is 0 Å². The predicted molar refractivity (Wildman–Crippen MR) is 80.7 cm³/mol. The molecule has 0 aliphatic heterocycles. The Morgan fingerprint density at radius 1 is 1.30 bits per heavy atom. The molecule has 112 valence electrons. The smallest absolute Gasteiger partial charge is 0.323 e. The molecule has 0 aliphatic carbocycles. The van der Waals surface area contributed by atoms with E-state index < -0.39 is 12.0 Å². The number of ether oxygens (including phenoxy) is 1. The minimum absolute atomic E-state index is 0.0959. The lowest BCUT2D eigenvalue weighted by Gasteiger charge is -2.12. The Morgan fingerprint density at radius 3 is 2.45 bits per heavy atom. The van der Waals surface area contributed by atoms with Gasteiger partial charge < -0.3 is 10.5 Å². The van der Waals surface area contributed by atoms with Gasteiger partial charge in [0.15, 0.2) is 0 Å². The Labute approximate surface area is 129 Å². The molecule has 1 aromatic heterocycles. The summed E-state index contributed by atoms with van der Waals surface area (Å²) in [5.74, 6) is 0.206. The largest absolute Gasteiger partial charge is 0.460 e. The second-order valence-corrected chi connectivity index (χ2v) is 5.93. The Bertz CT molecular complexity index is 433. The van der Waals surface area contributed by atoms with Crippen molar-refractivity contribution < 1.29 is 9.53 Å². The highest BCUT2D eigenvalue weighted by Gasteiger charge is 2.15. The van der Waals surface area contributed by atoms with Gasteiger partial charge in [0.05, 0.1) is 0 Å². The third-order valence-corrected chi connectivity index (χ3v) is 3.19. The second-order valence-electron chi connectivity index (χ2n) is 5.16. The number of rotatable bonds is 7. The van der Waals surface area contributed by atoms with Gasteiger partial charge in [-0.2, -0.15) is 0 Å². The number of hydrogen-bond donors (Lipinski definition) is 1. The van der Waals surface area contributed by atoms with E-state index in [-0.39, 0.29) is 16.9 Å². The minimum Gasteiger partial charge on any atom is -0.460 e. The first-order valence-corrected chi connectivity index (χ1v) is 7.38. The Morgan fingerprint density at radius 2 is 1.90 bits per heavy atom. The highest BCUT2D eigenvalue weighted by atomic mass is 35.5. The molecule has 6 heteroatoms. The summed E-state index contributed by atoms with van der Waals surface area (Å²) in [6.07, 6.45) is 2.60. The van der Waals surface area contributed by atoms with Crippen LogP contribution in [0.1, 0.15) is 38.7 Å². The number of nitrogens with two attached hydrogens (primary N) is 1. The van der Waals surface area contributed by atoms with Crippen molar-refractivity contribution in [2.45, 2.75) is 45.8 Å². The van der Waals surface area contributed by atoms with Crippen molar-refractivity contribution in [3.63, 3.8) is 0 Å². The first-order valence-electron chi connectivity index (χ1n) is 6.62. The highest BCUT2D eigenvalue weighted by Crippen LogP contribution is 2.16. The molecule has 0 spiro atoms. The summed E-state index contributed by atoms with van der Waals surface area (Å²) in [6, 6.07) is 2.62. The van der Waals surface area contributed by atoms with Crippen LogP contribution >= 0.6 is 23.2 Å². The molecule has 1 rings (SSSR count). The summed E-state index contributed by atoms with van der Waals surface area (Å²) in [6.45, 7) is 4.38. The van der Waals surface area contributed by atoms with E-state index >= 15 is 0 Å². The van der Waals surface area contributed by atoms with E-state index in [9.17, 15) is 4.79 Å². The van der Waals surface area contributed by atoms with Crippen molar-refractivity contribution in [3.8, 4) is 0 Å². The third-order valence-electron chi connectivity index (χ3n) is 2.80. The number of aromatic nitrogens is 1. The van der Waals surface area contributed by atoms with Crippen LogP contribution in [0.15, 0.2) is 12.1 Å². The molecule has 1 atom stereocenters. The number of pyridine rings is 1. The molecule has 0 amide bonds. The predicted octanol–water partition coefficient (Wildman–Crippen LogP) is 3.59. The van der Waals surface area contributed by atoms with Crippen LogP contribution in [0.3, 0.4) is 0 Å². The highest BCUT2D eigenvalue weighted by molar-refractivity contribution is 6.32. The monoisotopic (exact) mass is 318 g/mol. The van der Waals surface area contributed by atoms with Crippen LogP contribution in [-0.2, 0) is 16.1 Å². The van der Waals surface area contributed by atoms with Gasteiger partial charge >= 0.3 is 5.97 Å². The molecule has 1 heterocycles. The van der Waals surface area contributed by atoms with Gasteiger partial charge in [-0.05, 0) is 30.0 Å². The maximum absolute atomic E-state index is 11.7. The van der Waals surface area contributed by atoms with Crippen molar-refractivity contribution in [3.05, 3.63) is 28.0 Å². The van der Waals surface area contributed by atoms with Crippen LogP contribution in [0.4, 0.5) is 0 Å². The van der Waals surface area contributed by atoms with Crippen LogP contribution in [0.25, 0.3) is 0 Å². The van der Waals surface area contributed by atoms with Gasteiger partial charge in [-0.25, -0.2) is 4.98 Å². The summed E-state index contributed by atoms with van der Waals surface area (Å²) in [7, 11) is 0. The van der Waals surface area contributed by atoms with Crippen molar-refractivity contribution in [2.75, 3.05) is 0 Å². The van der Waals surface area contributed by atoms with Crippen LogP contribution in [-0.4, -0.2) is 17.0 Å². The molecule has 0 aromatic carbocycles. The lowest BCUT2D eigenvalue weighted by atomic mass is 10.0. The van der Waals surface area contributed by atoms with Gasteiger partial charge in [-0.15, -0.1) is 0 Å². The topological polar surface area (TPSA) is 65.2 Å². The summed E-state index contributed by atoms with van der Waals surface area (Å²) in [5, 5.41) is 0.537. The Kier molecular flexibility index (Phi) is 7.27. The van der Waals surface area contributed by atoms with Gasteiger partial charge in [-0.3, -0.25) is 4.79 Å². The first-order chi connectivity index (χ1) is 9.38. The number of carbonyl (C=O) groups excluding carboxylic acids is 1. The number of carbonyl (C=O) groups is 1. The Balaban J connectivity index is 2.38.